The van der Waals surface area contributed by atoms with Gasteiger partial charge in [0.25, 0.3) is 6.02 Å². The lowest BCUT2D eigenvalue weighted by Crippen LogP contribution is -2.22. The molecule has 0 amide bonds. The van der Waals surface area contributed by atoms with Gasteiger partial charge in [0.15, 0.2) is 9.84 Å². The molecule has 0 radical (unpaired) electrons. The first-order chi connectivity index (χ1) is 5.07. The van der Waals surface area contributed by atoms with Crippen molar-refractivity contribution in [1.82, 2.24) is 0 Å². The van der Waals surface area contributed by atoms with E-state index in [0.717, 1.165) is 0 Å². The first kappa shape index (κ1) is 6.90. The molecule has 2 N–H and O–H groups in total. The van der Waals surface area contributed by atoms with E-state index in [2.05, 4.69) is 4.99 Å². The minimum Gasteiger partial charge on any atom is -0.459 e. The summed E-state index contributed by atoms with van der Waals surface area (Å²) in [6.45, 7) is 0. The minimum atomic E-state index is -2.92. The van der Waals surface area contributed by atoms with Crippen LogP contribution in [0.2, 0.25) is 0 Å². The molecule has 62 valence electrons. The van der Waals surface area contributed by atoms with Gasteiger partial charge in [-0.05, 0) is 0 Å². The lowest BCUT2D eigenvalue weighted by atomic mass is 10.2. The molecule has 0 bridgehead atoms. The van der Waals surface area contributed by atoms with Gasteiger partial charge in [0, 0.05) is 0 Å². The second-order valence-electron chi connectivity index (χ2n) is 2.77. The van der Waals surface area contributed by atoms with Crippen molar-refractivity contribution in [1.29, 1.82) is 0 Å². The number of fused-ring (bicyclic) bond motifs is 1. The van der Waals surface area contributed by atoms with Gasteiger partial charge >= 0.3 is 0 Å². The molecule has 6 heteroatoms. The summed E-state index contributed by atoms with van der Waals surface area (Å²) in [5, 5.41) is 0. The van der Waals surface area contributed by atoms with Gasteiger partial charge < -0.3 is 10.5 Å². The summed E-state index contributed by atoms with van der Waals surface area (Å²) >= 11 is 0. The highest BCUT2D eigenvalue weighted by Crippen LogP contribution is 2.22. The van der Waals surface area contributed by atoms with E-state index in [1.807, 2.05) is 0 Å². The molecule has 2 heterocycles. The van der Waals surface area contributed by atoms with Crippen molar-refractivity contribution in [3.63, 3.8) is 0 Å². The highest BCUT2D eigenvalue weighted by atomic mass is 32.2. The zero-order chi connectivity index (χ0) is 8.06. The average Bonchev–Trinajstić information content (AvgIpc) is 2.17. The van der Waals surface area contributed by atoms with Gasteiger partial charge in [-0.3, -0.25) is 0 Å². The first-order valence-corrected chi connectivity index (χ1v) is 5.09. The number of sulfone groups is 1. The monoisotopic (exact) mass is 176 g/mol. The second-order valence-corrected chi connectivity index (χ2v) is 4.92. The molecule has 2 aliphatic heterocycles. The smallest absolute Gasteiger partial charge is 0.282 e. The summed E-state index contributed by atoms with van der Waals surface area (Å²) in [6, 6.07) is -0.130. The Morgan fingerprint density at radius 2 is 2.27 bits per heavy atom. The zero-order valence-electron chi connectivity index (χ0n) is 5.73. The van der Waals surface area contributed by atoms with Crippen molar-refractivity contribution >= 4 is 15.9 Å². The third kappa shape index (κ3) is 1.07. The summed E-state index contributed by atoms with van der Waals surface area (Å²) in [6.07, 6.45) is -0.319. The fourth-order valence-electron chi connectivity index (χ4n) is 1.38. The Kier molecular flexibility index (Phi) is 1.18. The maximum Gasteiger partial charge on any atom is 0.282 e. The maximum absolute atomic E-state index is 11.0. The highest BCUT2D eigenvalue weighted by molar-refractivity contribution is 7.91. The standard InChI is InChI=1S/C5H8N2O3S/c6-5-7-3-1-11(8,9)2-4(3)10-5/h3-4H,1-2H2,(H2,6,7)/t3-,4-/m0/s1. The molecule has 1 fully saturated rings. The molecule has 0 spiro atoms. The van der Waals surface area contributed by atoms with E-state index in [0.29, 0.717) is 0 Å². The van der Waals surface area contributed by atoms with Crippen LogP contribution < -0.4 is 5.73 Å². The van der Waals surface area contributed by atoms with E-state index >= 15 is 0 Å². The number of ether oxygens (including phenoxy) is 1. The lowest BCUT2D eigenvalue weighted by molar-refractivity contribution is 0.227. The number of amidine groups is 1. The van der Waals surface area contributed by atoms with Gasteiger partial charge in [-0.25, -0.2) is 13.4 Å². The number of rotatable bonds is 0. The Balaban J connectivity index is 2.26. The van der Waals surface area contributed by atoms with E-state index in [1.54, 1.807) is 0 Å². The van der Waals surface area contributed by atoms with Gasteiger partial charge in [-0.2, -0.15) is 0 Å². The minimum absolute atomic E-state index is 0.0574. The molecule has 2 rings (SSSR count). The summed E-state index contributed by atoms with van der Waals surface area (Å²) in [4.78, 5) is 3.84. The fourth-order valence-corrected chi connectivity index (χ4v) is 3.12. The van der Waals surface area contributed by atoms with Crippen LogP contribution in [0.3, 0.4) is 0 Å². The Hall–Kier alpha value is -0.780. The van der Waals surface area contributed by atoms with Crippen LogP contribution in [0.1, 0.15) is 0 Å². The zero-order valence-corrected chi connectivity index (χ0v) is 6.54. The Morgan fingerprint density at radius 3 is 2.91 bits per heavy atom. The molecule has 11 heavy (non-hydrogen) atoms. The lowest BCUT2D eigenvalue weighted by Gasteiger charge is -2.03. The summed E-state index contributed by atoms with van der Waals surface area (Å²) in [5.74, 6) is 0.139. The Labute approximate surface area is 64.2 Å². The van der Waals surface area contributed by atoms with Gasteiger partial charge in [0.2, 0.25) is 0 Å². The van der Waals surface area contributed by atoms with Gasteiger partial charge in [0.1, 0.15) is 12.1 Å². The third-order valence-electron chi connectivity index (χ3n) is 1.84. The third-order valence-corrected chi connectivity index (χ3v) is 3.52. The molecule has 0 aliphatic carbocycles. The molecular formula is C5H8N2O3S. The van der Waals surface area contributed by atoms with Crippen LogP contribution in [0.5, 0.6) is 0 Å². The molecule has 5 nitrogen and oxygen atoms in total. The van der Waals surface area contributed by atoms with Crippen LogP contribution >= 0.6 is 0 Å². The van der Waals surface area contributed by atoms with E-state index in [1.165, 1.54) is 0 Å². The normalized spacial score (nSPS) is 39.5. The van der Waals surface area contributed by atoms with Gasteiger partial charge in [0.05, 0.1) is 11.5 Å². The second kappa shape index (κ2) is 1.88. The Bertz CT molecular complexity index is 308. The quantitative estimate of drug-likeness (QED) is 0.487. The number of aliphatic imine (C=N–C) groups is 1. The van der Waals surface area contributed by atoms with Crippen molar-refractivity contribution in [2.75, 3.05) is 11.5 Å². The predicted molar refractivity (Wildman–Crippen MR) is 38.9 cm³/mol. The van der Waals surface area contributed by atoms with Crippen molar-refractivity contribution in [2.45, 2.75) is 12.1 Å². The van der Waals surface area contributed by atoms with Crippen molar-refractivity contribution in [3.05, 3.63) is 0 Å². The predicted octanol–water partition coefficient (Wildman–Crippen LogP) is -1.50. The van der Waals surface area contributed by atoms with Gasteiger partial charge in [-0.15, -0.1) is 0 Å². The highest BCUT2D eigenvalue weighted by Gasteiger charge is 2.43. The first-order valence-electron chi connectivity index (χ1n) is 3.27. The molecule has 2 atom stereocenters. The van der Waals surface area contributed by atoms with E-state index in [4.69, 9.17) is 10.5 Å². The van der Waals surface area contributed by atoms with Gasteiger partial charge in [-0.1, -0.05) is 0 Å². The fraction of sp³-hybridized carbons (Fsp3) is 0.800. The molecule has 0 aromatic heterocycles. The topological polar surface area (TPSA) is 81.8 Å². The Morgan fingerprint density at radius 1 is 1.55 bits per heavy atom. The number of hydrogen-bond donors (Lipinski definition) is 1. The average molecular weight is 176 g/mol. The molecule has 0 aromatic rings. The summed E-state index contributed by atoms with van der Waals surface area (Å²) < 4.78 is 26.9. The van der Waals surface area contributed by atoms with Crippen molar-refractivity contribution < 1.29 is 13.2 Å². The maximum atomic E-state index is 11.0. The summed E-state index contributed by atoms with van der Waals surface area (Å²) in [5.41, 5.74) is 5.25. The molecule has 0 unspecified atom stereocenters. The van der Waals surface area contributed by atoms with Crippen LogP contribution in [-0.2, 0) is 14.6 Å². The van der Waals surface area contributed by atoms with Crippen LogP contribution in [0, 0.1) is 0 Å². The SMILES string of the molecule is NC1=N[C@H]2CS(=O)(=O)C[C@@H]2O1. The number of nitrogens with zero attached hydrogens (tertiary/aromatic N) is 1. The number of hydrogen-bond acceptors (Lipinski definition) is 5. The molecule has 2 aliphatic rings. The molecule has 0 saturated carbocycles. The van der Waals surface area contributed by atoms with Crippen LogP contribution in [0.25, 0.3) is 0 Å². The molecular weight excluding hydrogens is 168 g/mol. The van der Waals surface area contributed by atoms with E-state index in [-0.39, 0.29) is 29.7 Å². The van der Waals surface area contributed by atoms with E-state index < -0.39 is 9.84 Å². The molecule has 0 aromatic carbocycles. The van der Waals surface area contributed by atoms with Crippen LogP contribution in [0.15, 0.2) is 4.99 Å². The number of nitrogens with two attached hydrogens (primary N) is 1. The van der Waals surface area contributed by atoms with Crippen molar-refractivity contribution in [3.8, 4) is 0 Å². The van der Waals surface area contributed by atoms with Crippen LogP contribution in [-0.4, -0.2) is 38.1 Å². The summed E-state index contributed by atoms with van der Waals surface area (Å²) in [7, 11) is -2.92. The molecule has 1 saturated heterocycles. The van der Waals surface area contributed by atoms with Crippen molar-refractivity contribution in [2.24, 2.45) is 10.7 Å². The largest absolute Gasteiger partial charge is 0.459 e. The van der Waals surface area contributed by atoms with Crippen LogP contribution in [0.4, 0.5) is 0 Å². The van der Waals surface area contributed by atoms with E-state index in [9.17, 15) is 8.42 Å².